The van der Waals surface area contributed by atoms with E-state index in [0.717, 1.165) is 0 Å². The highest BCUT2D eigenvalue weighted by atomic mass is 32.2. The van der Waals surface area contributed by atoms with Gasteiger partial charge in [-0.2, -0.15) is 4.31 Å². The van der Waals surface area contributed by atoms with Crippen molar-refractivity contribution in [3.05, 3.63) is 22.5 Å². The molecule has 2 aromatic rings. The summed E-state index contributed by atoms with van der Waals surface area (Å²) in [5, 5.41) is 14.9. The van der Waals surface area contributed by atoms with Crippen molar-refractivity contribution in [3.63, 3.8) is 0 Å². The number of hydrogen-bond acceptors (Lipinski definition) is 6. The van der Waals surface area contributed by atoms with Crippen LogP contribution in [0, 0.1) is 0 Å². The van der Waals surface area contributed by atoms with E-state index in [0.29, 0.717) is 10.7 Å². The molecule has 0 spiro atoms. The minimum Gasteiger partial charge on any atom is -0.329 e. The van der Waals surface area contributed by atoms with Gasteiger partial charge in [0, 0.05) is 24.5 Å². The van der Waals surface area contributed by atoms with Crippen molar-refractivity contribution in [2.45, 2.75) is 30.8 Å². The van der Waals surface area contributed by atoms with Gasteiger partial charge in [0.15, 0.2) is 5.82 Å². The fourth-order valence-corrected chi connectivity index (χ4v) is 5.09. The number of carbonyl (C=O) groups is 1. The second-order valence-electron chi connectivity index (χ2n) is 5.76. The van der Waals surface area contributed by atoms with Crippen LogP contribution < -0.4 is 10.6 Å². The number of urea groups is 1. The Balaban J connectivity index is 1.73. The smallest absolute Gasteiger partial charge is 0.321 e. The van der Waals surface area contributed by atoms with Crippen LogP contribution in [-0.2, 0) is 10.0 Å². The zero-order chi connectivity index (χ0) is 17.5. The molecule has 0 radical (unpaired) electrons. The van der Waals surface area contributed by atoms with Gasteiger partial charge in [0.05, 0.1) is 17.1 Å². The zero-order valence-corrected chi connectivity index (χ0v) is 15.1. The fraction of sp³-hybridized carbons (Fsp3) is 0.462. The molecule has 0 aromatic carbocycles. The Hall–Kier alpha value is -1.98. The number of anilines is 1. The molecule has 130 valence electrons. The molecular weight excluding hydrogens is 352 g/mol. The maximum absolute atomic E-state index is 12.2. The third kappa shape index (κ3) is 3.01. The molecule has 0 saturated heterocycles. The molecule has 1 aliphatic heterocycles. The van der Waals surface area contributed by atoms with Gasteiger partial charge in [-0.3, -0.25) is 5.32 Å². The molecule has 3 rings (SSSR count). The standard InChI is InChI=1S/C13H18N6O3S2/c1-8(2)19-7-11(16-17-19)15-13(20)14-9-6-18(3)24(21,22)10-4-5-23-12(9)10/h4-5,7-9H,6H2,1-3H3,(H2,14,15,20)/t9-/m0/s1. The molecule has 2 N–H and O–H groups in total. The van der Waals surface area contributed by atoms with Crippen molar-refractivity contribution in [2.75, 3.05) is 18.9 Å². The van der Waals surface area contributed by atoms with Gasteiger partial charge >= 0.3 is 6.03 Å². The lowest BCUT2D eigenvalue weighted by Crippen LogP contribution is -2.44. The molecule has 0 bridgehead atoms. The number of nitrogens with zero attached hydrogens (tertiary/aromatic N) is 4. The third-order valence-electron chi connectivity index (χ3n) is 3.69. The monoisotopic (exact) mass is 370 g/mol. The van der Waals surface area contributed by atoms with E-state index >= 15 is 0 Å². The normalized spacial score (nSPS) is 19.9. The van der Waals surface area contributed by atoms with Crippen molar-refractivity contribution in [3.8, 4) is 0 Å². The highest BCUT2D eigenvalue weighted by Gasteiger charge is 2.36. The van der Waals surface area contributed by atoms with Gasteiger partial charge in [-0.25, -0.2) is 17.9 Å². The Morgan fingerprint density at radius 1 is 1.46 bits per heavy atom. The summed E-state index contributed by atoms with van der Waals surface area (Å²) < 4.78 is 27.3. The molecule has 2 amide bonds. The minimum absolute atomic E-state index is 0.141. The van der Waals surface area contributed by atoms with Crippen molar-refractivity contribution in [1.29, 1.82) is 0 Å². The molecule has 2 aromatic heterocycles. The SMILES string of the molecule is CC(C)n1cc(NC(=O)N[C@H]2CN(C)S(=O)(=O)c3ccsc32)nn1. The van der Waals surface area contributed by atoms with Gasteiger partial charge in [-0.05, 0) is 25.3 Å². The molecule has 1 atom stereocenters. The Morgan fingerprint density at radius 2 is 2.21 bits per heavy atom. The topological polar surface area (TPSA) is 109 Å². The second-order valence-corrected chi connectivity index (χ2v) is 8.72. The van der Waals surface area contributed by atoms with Crippen LogP contribution in [0.1, 0.15) is 30.8 Å². The van der Waals surface area contributed by atoms with E-state index < -0.39 is 22.1 Å². The van der Waals surface area contributed by atoms with Crippen molar-refractivity contribution < 1.29 is 13.2 Å². The summed E-state index contributed by atoms with van der Waals surface area (Å²) in [4.78, 5) is 13.1. The Morgan fingerprint density at radius 3 is 2.88 bits per heavy atom. The predicted molar refractivity (Wildman–Crippen MR) is 89.4 cm³/mol. The van der Waals surface area contributed by atoms with E-state index in [-0.39, 0.29) is 17.5 Å². The molecule has 0 saturated carbocycles. The van der Waals surface area contributed by atoms with E-state index in [1.165, 1.54) is 22.7 Å². The van der Waals surface area contributed by atoms with E-state index in [9.17, 15) is 13.2 Å². The van der Waals surface area contributed by atoms with Crippen molar-refractivity contribution in [1.82, 2.24) is 24.6 Å². The summed E-state index contributed by atoms with van der Waals surface area (Å²) in [6.07, 6.45) is 1.64. The molecule has 24 heavy (non-hydrogen) atoms. The average molecular weight is 370 g/mol. The first-order chi connectivity index (χ1) is 11.3. The molecule has 0 aliphatic carbocycles. The summed E-state index contributed by atoms with van der Waals surface area (Å²) in [7, 11) is -1.97. The van der Waals surface area contributed by atoms with Gasteiger partial charge < -0.3 is 5.32 Å². The summed E-state index contributed by atoms with van der Waals surface area (Å²) in [6.45, 7) is 4.09. The molecule has 1 aliphatic rings. The zero-order valence-electron chi connectivity index (χ0n) is 13.4. The number of nitrogens with one attached hydrogen (secondary N) is 2. The number of fused-ring (bicyclic) bond motifs is 1. The highest BCUT2D eigenvalue weighted by Crippen LogP contribution is 2.35. The number of thiophene rings is 1. The van der Waals surface area contributed by atoms with E-state index in [1.807, 2.05) is 13.8 Å². The molecule has 11 heteroatoms. The Labute approximate surface area is 143 Å². The third-order valence-corrected chi connectivity index (χ3v) is 6.73. The summed E-state index contributed by atoms with van der Waals surface area (Å²) >= 11 is 1.31. The van der Waals surface area contributed by atoms with Crippen LogP contribution in [0.4, 0.5) is 10.6 Å². The number of sulfonamides is 1. The quantitative estimate of drug-likeness (QED) is 0.849. The molecular formula is C13H18N6O3S2. The fourth-order valence-electron chi connectivity index (χ4n) is 2.39. The number of aromatic nitrogens is 3. The summed E-state index contributed by atoms with van der Waals surface area (Å²) in [5.41, 5.74) is 0. The lowest BCUT2D eigenvalue weighted by Gasteiger charge is -2.29. The van der Waals surface area contributed by atoms with E-state index in [1.54, 1.807) is 22.3 Å². The number of amides is 2. The number of likely N-dealkylation sites (N-methyl/N-ethyl adjacent to an activating group) is 1. The van der Waals surface area contributed by atoms with Gasteiger partial charge in [-0.15, -0.1) is 16.4 Å². The lowest BCUT2D eigenvalue weighted by molar-refractivity contribution is 0.246. The summed E-state index contributed by atoms with van der Waals surface area (Å²) in [5.74, 6) is 0.337. The van der Waals surface area contributed by atoms with Crippen LogP contribution in [0.25, 0.3) is 0 Å². The van der Waals surface area contributed by atoms with Gasteiger partial charge in [0.1, 0.15) is 0 Å². The van der Waals surface area contributed by atoms with Crippen LogP contribution in [0.2, 0.25) is 0 Å². The second kappa shape index (κ2) is 6.15. The first kappa shape index (κ1) is 16.9. The Kier molecular flexibility index (Phi) is 4.32. The summed E-state index contributed by atoms with van der Waals surface area (Å²) in [6, 6.07) is 0.838. The van der Waals surface area contributed by atoms with Gasteiger partial charge in [-0.1, -0.05) is 5.21 Å². The maximum Gasteiger partial charge on any atom is 0.321 e. The molecule has 0 fully saturated rings. The average Bonchev–Trinajstić information content (AvgIpc) is 3.14. The van der Waals surface area contributed by atoms with Crippen LogP contribution in [0.3, 0.4) is 0 Å². The van der Waals surface area contributed by atoms with Crippen molar-refractivity contribution >= 4 is 33.2 Å². The molecule has 0 unspecified atom stereocenters. The largest absolute Gasteiger partial charge is 0.329 e. The first-order valence-corrected chi connectivity index (χ1v) is 9.64. The lowest BCUT2D eigenvalue weighted by atomic mass is 10.2. The first-order valence-electron chi connectivity index (χ1n) is 7.32. The van der Waals surface area contributed by atoms with Crippen LogP contribution in [0.5, 0.6) is 0 Å². The number of rotatable bonds is 3. The van der Waals surface area contributed by atoms with Gasteiger partial charge in [0.25, 0.3) is 0 Å². The number of hydrogen-bond donors (Lipinski definition) is 2. The minimum atomic E-state index is -3.46. The van der Waals surface area contributed by atoms with Gasteiger partial charge in [0.2, 0.25) is 10.0 Å². The predicted octanol–water partition coefficient (Wildman–Crippen LogP) is 1.42. The molecule has 9 nitrogen and oxygen atoms in total. The molecule has 3 heterocycles. The van der Waals surface area contributed by atoms with E-state index in [4.69, 9.17) is 0 Å². The highest BCUT2D eigenvalue weighted by molar-refractivity contribution is 7.89. The van der Waals surface area contributed by atoms with Crippen LogP contribution >= 0.6 is 11.3 Å². The Bertz CT molecular complexity index is 857. The maximum atomic E-state index is 12.2. The number of carbonyl (C=O) groups excluding carboxylic acids is 1. The van der Waals surface area contributed by atoms with Crippen LogP contribution in [-0.4, -0.2) is 47.3 Å². The van der Waals surface area contributed by atoms with Crippen molar-refractivity contribution in [2.24, 2.45) is 0 Å². The van der Waals surface area contributed by atoms with E-state index in [2.05, 4.69) is 20.9 Å². The van der Waals surface area contributed by atoms with Crippen LogP contribution in [0.15, 0.2) is 22.5 Å².